The lowest BCUT2D eigenvalue weighted by molar-refractivity contribution is 0.100. The molecule has 1 spiro atoms. The van der Waals surface area contributed by atoms with E-state index in [-0.39, 0.29) is 24.9 Å². The second-order valence-corrected chi connectivity index (χ2v) is 10.7. The lowest BCUT2D eigenvalue weighted by Gasteiger charge is -2.39. The average Bonchev–Trinajstić information content (AvgIpc) is 3.20. The van der Waals surface area contributed by atoms with Crippen LogP contribution in [-0.4, -0.2) is 57.1 Å². The topological polar surface area (TPSA) is 70.6 Å². The largest absolute Gasteiger partial charge is 0.394 e. The molecule has 168 valence electrons. The standard InChI is InChI=1S/C25H35N3O3/c29-15-20(16-30)28-23-4-2-1-3-22(23)27(24(28)31)19-7-11-26(12-8-19)14-21-17-5-6-18(13-17)25(21)9-10-25/h1-4,17-21,29-30H,5-16H2/t17-,18-,21-/m0/s1. The van der Waals surface area contributed by atoms with Crippen molar-refractivity contribution >= 4 is 11.0 Å². The fourth-order valence-electron chi connectivity index (χ4n) is 7.69. The van der Waals surface area contributed by atoms with Crippen molar-refractivity contribution in [2.45, 2.75) is 57.0 Å². The van der Waals surface area contributed by atoms with Crippen LogP contribution < -0.4 is 5.69 Å². The molecule has 3 aliphatic carbocycles. The van der Waals surface area contributed by atoms with E-state index in [1.807, 2.05) is 28.8 Å². The van der Waals surface area contributed by atoms with Gasteiger partial charge in [0.2, 0.25) is 0 Å². The molecule has 1 aliphatic heterocycles. The van der Waals surface area contributed by atoms with Gasteiger partial charge in [-0.3, -0.25) is 9.13 Å². The molecule has 6 heteroatoms. The summed E-state index contributed by atoms with van der Waals surface area (Å²) in [4.78, 5) is 16.1. The number of aliphatic hydroxyl groups is 2. The summed E-state index contributed by atoms with van der Waals surface area (Å²) in [6, 6.07) is 7.39. The second-order valence-electron chi connectivity index (χ2n) is 10.7. The third kappa shape index (κ3) is 2.98. The minimum absolute atomic E-state index is 0.0993. The lowest BCUT2D eigenvalue weighted by atomic mass is 9.76. The molecule has 2 bridgehead atoms. The number of fused-ring (bicyclic) bond motifs is 4. The van der Waals surface area contributed by atoms with E-state index in [2.05, 4.69) is 4.90 Å². The van der Waals surface area contributed by atoms with E-state index in [1.165, 1.54) is 38.6 Å². The van der Waals surface area contributed by atoms with E-state index in [0.717, 1.165) is 54.7 Å². The zero-order valence-electron chi connectivity index (χ0n) is 18.3. The molecule has 4 fully saturated rings. The van der Waals surface area contributed by atoms with Crippen LogP contribution in [0, 0.1) is 23.2 Å². The molecule has 0 radical (unpaired) electrons. The predicted octanol–water partition coefficient (Wildman–Crippen LogP) is 2.79. The van der Waals surface area contributed by atoms with Crippen molar-refractivity contribution in [3.63, 3.8) is 0 Å². The number of hydrogen-bond acceptors (Lipinski definition) is 4. The van der Waals surface area contributed by atoms with Crippen LogP contribution >= 0.6 is 0 Å². The molecular formula is C25H35N3O3. The molecule has 1 aromatic heterocycles. The molecule has 3 saturated carbocycles. The summed E-state index contributed by atoms with van der Waals surface area (Å²) in [6.07, 6.45) is 9.36. The Bertz CT molecular complexity index is 1010. The fourth-order valence-corrected chi connectivity index (χ4v) is 7.69. The highest BCUT2D eigenvalue weighted by molar-refractivity contribution is 5.76. The number of imidazole rings is 1. The molecule has 3 atom stereocenters. The molecule has 2 aromatic rings. The molecule has 4 aliphatic rings. The van der Waals surface area contributed by atoms with E-state index in [1.54, 1.807) is 4.57 Å². The SMILES string of the molecule is O=c1n(C(CO)CO)c2ccccc2n1C1CCN(C[C@H]2[C@H]3CC[C@@H](C3)C23CC3)CC1. The van der Waals surface area contributed by atoms with Crippen molar-refractivity contribution in [2.24, 2.45) is 23.2 Å². The first-order valence-electron chi connectivity index (χ1n) is 12.3. The first-order valence-corrected chi connectivity index (χ1v) is 12.3. The monoisotopic (exact) mass is 425 g/mol. The quantitative estimate of drug-likeness (QED) is 0.747. The molecule has 6 nitrogen and oxygen atoms in total. The molecule has 1 aromatic carbocycles. The number of aromatic nitrogens is 2. The van der Waals surface area contributed by atoms with Gasteiger partial charge < -0.3 is 15.1 Å². The first kappa shape index (κ1) is 20.0. The van der Waals surface area contributed by atoms with Gasteiger partial charge in [-0.2, -0.15) is 0 Å². The minimum Gasteiger partial charge on any atom is -0.394 e. The van der Waals surface area contributed by atoms with Crippen LogP contribution in [0.25, 0.3) is 11.0 Å². The summed E-state index contributed by atoms with van der Waals surface area (Å²) >= 11 is 0. The molecule has 0 unspecified atom stereocenters. The Hall–Kier alpha value is -1.63. The van der Waals surface area contributed by atoms with E-state index >= 15 is 0 Å². The maximum Gasteiger partial charge on any atom is 0.329 e. The van der Waals surface area contributed by atoms with Crippen LogP contribution in [0.15, 0.2) is 29.1 Å². The van der Waals surface area contributed by atoms with Gasteiger partial charge in [0.1, 0.15) is 0 Å². The Morgan fingerprint density at radius 1 is 1.00 bits per heavy atom. The van der Waals surface area contributed by atoms with Gasteiger partial charge in [0.05, 0.1) is 30.3 Å². The van der Waals surface area contributed by atoms with Crippen LogP contribution in [0.5, 0.6) is 0 Å². The van der Waals surface area contributed by atoms with Crippen molar-refractivity contribution in [3.8, 4) is 0 Å². The highest BCUT2D eigenvalue weighted by Crippen LogP contribution is 2.71. The van der Waals surface area contributed by atoms with E-state index in [4.69, 9.17) is 0 Å². The summed E-state index contributed by atoms with van der Waals surface area (Å²) < 4.78 is 3.53. The maximum atomic E-state index is 13.4. The van der Waals surface area contributed by atoms with Crippen molar-refractivity contribution in [1.82, 2.24) is 14.0 Å². The third-order valence-electron chi connectivity index (χ3n) is 9.40. The van der Waals surface area contributed by atoms with Gasteiger partial charge in [-0.1, -0.05) is 12.1 Å². The van der Waals surface area contributed by atoms with Crippen molar-refractivity contribution < 1.29 is 10.2 Å². The smallest absolute Gasteiger partial charge is 0.329 e. The molecular weight excluding hydrogens is 390 g/mol. The number of nitrogens with zero attached hydrogens (tertiary/aromatic N) is 3. The normalized spacial score (nSPS) is 30.2. The Labute approximate surface area is 183 Å². The Morgan fingerprint density at radius 3 is 2.39 bits per heavy atom. The van der Waals surface area contributed by atoms with Crippen LogP contribution in [-0.2, 0) is 0 Å². The van der Waals surface area contributed by atoms with Crippen molar-refractivity contribution in [2.75, 3.05) is 32.8 Å². The number of benzene rings is 1. The summed E-state index contributed by atoms with van der Waals surface area (Å²) in [5, 5.41) is 19.4. The number of para-hydroxylation sites is 2. The van der Waals surface area contributed by atoms with E-state index in [9.17, 15) is 15.0 Å². The van der Waals surface area contributed by atoms with Gasteiger partial charge in [0.15, 0.2) is 0 Å². The van der Waals surface area contributed by atoms with Crippen molar-refractivity contribution in [1.29, 1.82) is 0 Å². The van der Waals surface area contributed by atoms with Crippen LogP contribution in [0.1, 0.15) is 57.0 Å². The summed E-state index contributed by atoms with van der Waals surface area (Å²) in [7, 11) is 0. The first-order chi connectivity index (χ1) is 15.2. The number of hydrogen-bond donors (Lipinski definition) is 2. The summed E-state index contributed by atoms with van der Waals surface area (Å²) in [6.45, 7) is 2.90. The Balaban J connectivity index is 1.21. The van der Waals surface area contributed by atoms with Crippen molar-refractivity contribution in [3.05, 3.63) is 34.7 Å². The molecule has 1 saturated heterocycles. The van der Waals surface area contributed by atoms with Gasteiger partial charge in [0, 0.05) is 25.7 Å². The lowest BCUT2D eigenvalue weighted by Crippen LogP contribution is -2.43. The predicted molar refractivity (Wildman–Crippen MR) is 120 cm³/mol. The van der Waals surface area contributed by atoms with Gasteiger partial charge in [-0.25, -0.2) is 4.79 Å². The Kier molecular flexibility index (Phi) is 4.82. The minimum atomic E-state index is -0.591. The molecule has 31 heavy (non-hydrogen) atoms. The molecule has 0 amide bonds. The second kappa shape index (κ2) is 7.46. The Morgan fingerprint density at radius 2 is 1.71 bits per heavy atom. The average molecular weight is 426 g/mol. The fraction of sp³-hybridized carbons (Fsp3) is 0.720. The highest BCUT2D eigenvalue weighted by Gasteiger charge is 2.63. The maximum absolute atomic E-state index is 13.4. The number of likely N-dealkylation sites (tertiary alicyclic amines) is 1. The highest BCUT2D eigenvalue weighted by atomic mass is 16.3. The van der Waals surface area contributed by atoms with Gasteiger partial charge in [-0.15, -0.1) is 0 Å². The molecule has 6 rings (SSSR count). The zero-order chi connectivity index (χ0) is 21.2. The van der Waals surface area contributed by atoms with E-state index in [0.29, 0.717) is 5.41 Å². The summed E-state index contributed by atoms with van der Waals surface area (Å²) in [5.74, 6) is 2.91. The zero-order valence-corrected chi connectivity index (χ0v) is 18.3. The number of rotatable bonds is 6. The van der Waals surface area contributed by atoms with Gasteiger partial charge in [-0.05, 0) is 80.2 Å². The van der Waals surface area contributed by atoms with Crippen LogP contribution in [0.2, 0.25) is 0 Å². The summed E-state index contributed by atoms with van der Waals surface area (Å²) in [5.41, 5.74) is 2.34. The van der Waals surface area contributed by atoms with Gasteiger partial charge >= 0.3 is 5.69 Å². The third-order valence-corrected chi connectivity index (χ3v) is 9.40. The van der Waals surface area contributed by atoms with Crippen LogP contribution in [0.4, 0.5) is 0 Å². The number of piperidine rings is 1. The van der Waals surface area contributed by atoms with Gasteiger partial charge in [0.25, 0.3) is 0 Å². The molecule has 2 N–H and O–H groups in total. The number of aliphatic hydroxyl groups excluding tert-OH is 2. The van der Waals surface area contributed by atoms with E-state index < -0.39 is 6.04 Å². The van der Waals surface area contributed by atoms with Crippen LogP contribution in [0.3, 0.4) is 0 Å². The molecule has 2 heterocycles.